The number of carbonyl (C=O) groups excluding carboxylic acids is 2. The zero-order valence-corrected chi connectivity index (χ0v) is 29.3. The third-order valence-corrected chi connectivity index (χ3v) is 7.87. The minimum atomic E-state index is -0.0988. The van der Waals surface area contributed by atoms with E-state index < -0.39 is 0 Å². The molecule has 1 atom stereocenters. The molecule has 7 heteroatoms. The van der Waals surface area contributed by atoms with Crippen molar-refractivity contribution in [2.75, 3.05) is 65.5 Å². The summed E-state index contributed by atoms with van der Waals surface area (Å²) in [7, 11) is 0. The Morgan fingerprint density at radius 3 is 2.40 bits per heavy atom. The normalized spacial score (nSPS) is 17.7. The van der Waals surface area contributed by atoms with Crippen molar-refractivity contribution in [2.45, 2.75) is 79.7 Å². The lowest BCUT2D eigenvalue weighted by atomic mass is 10.0. The average molecular weight is 623 g/mol. The highest BCUT2D eigenvalue weighted by atomic mass is 16.5. The van der Waals surface area contributed by atoms with Gasteiger partial charge in [-0.15, -0.1) is 6.58 Å². The molecule has 0 radical (unpaired) electrons. The van der Waals surface area contributed by atoms with Crippen molar-refractivity contribution < 1.29 is 14.3 Å². The van der Waals surface area contributed by atoms with Crippen LogP contribution in [0.1, 0.15) is 83.1 Å². The van der Waals surface area contributed by atoms with Gasteiger partial charge in [-0.3, -0.25) is 19.4 Å². The number of esters is 1. The number of benzene rings is 1. The van der Waals surface area contributed by atoms with E-state index >= 15 is 0 Å². The van der Waals surface area contributed by atoms with Crippen LogP contribution in [0.3, 0.4) is 0 Å². The first-order chi connectivity index (χ1) is 21.8. The van der Waals surface area contributed by atoms with Gasteiger partial charge in [-0.25, -0.2) is 0 Å². The summed E-state index contributed by atoms with van der Waals surface area (Å²) in [5.74, 6) is 0.0121. The van der Waals surface area contributed by atoms with Crippen LogP contribution in [0.15, 0.2) is 72.9 Å². The number of nitrogens with zero attached hydrogens (tertiary/aromatic N) is 3. The predicted molar refractivity (Wildman–Crippen MR) is 191 cm³/mol. The second kappa shape index (κ2) is 24.3. The fourth-order valence-electron chi connectivity index (χ4n) is 5.34. The largest absolute Gasteiger partial charge is 0.466 e. The lowest BCUT2D eigenvalue weighted by Gasteiger charge is -2.34. The summed E-state index contributed by atoms with van der Waals surface area (Å²) in [6.45, 7) is 29.1. The Labute approximate surface area is 275 Å². The maximum Gasteiger partial charge on any atom is 0.305 e. The molecule has 0 bridgehead atoms. The van der Waals surface area contributed by atoms with Crippen molar-refractivity contribution in [1.29, 1.82) is 0 Å². The monoisotopic (exact) mass is 622 g/mol. The quantitative estimate of drug-likeness (QED) is 0.108. The van der Waals surface area contributed by atoms with Crippen molar-refractivity contribution >= 4 is 11.9 Å². The summed E-state index contributed by atoms with van der Waals surface area (Å²) in [6, 6.07) is 8.61. The second-order valence-corrected chi connectivity index (χ2v) is 11.5. The van der Waals surface area contributed by atoms with E-state index in [1.807, 2.05) is 62.9 Å². The highest BCUT2D eigenvalue weighted by molar-refractivity contribution is 5.94. The first kappa shape index (κ1) is 40.0. The molecule has 1 aromatic carbocycles. The van der Waals surface area contributed by atoms with Gasteiger partial charge in [0.1, 0.15) is 0 Å². The first-order valence-corrected chi connectivity index (χ1v) is 17.1. The molecule has 2 aliphatic rings. The van der Waals surface area contributed by atoms with E-state index in [2.05, 4.69) is 60.3 Å². The number of piperazine rings is 2. The predicted octanol–water partition coefficient (Wildman–Crippen LogP) is 6.68. The topological polar surface area (TPSA) is 65.1 Å². The number of ether oxygens (including phenoxy) is 1. The SMILES string of the molecule is C=C/C(=C\C(C)=C/C)Cc1cccc(C(=O)N2CCN(CCCCCC(=O)OCC)CC2)c1.C=CCN1CCNC(C)C1.CC. The number of hydrogen-bond acceptors (Lipinski definition) is 6. The highest BCUT2D eigenvalue weighted by Gasteiger charge is 2.22. The Balaban J connectivity index is 0.000000707. The van der Waals surface area contributed by atoms with Gasteiger partial charge < -0.3 is 15.0 Å². The van der Waals surface area contributed by atoms with E-state index in [-0.39, 0.29) is 11.9 Å². The van der Waals surface area contributed by atoms with Crippen molar-refractivity contribution in [2.24, 2.45) is 0 Å². The number of allylic oxidation sites excluding steroid dienone is 5. The molecule has 1 aromatic rings. The van der Waals surface area contributed by atoms with Gasteiger partial charge in [0.15, 0.2) is 0 Å². The Hall–Kier alpha value is -3.00. The van der Waals surface area contributed by atoms with Crippen LogP contribution in [0.2, 0.25) is 0 Å². The Bertz CT molecular complexity index is 1070. The highest BCUT2D eigenvalue weighted by Crippen LogP contribution is 2.16. The van der Waals surface area contributed by atoms with Crippen LogP contribution < -0.4 is 5.32 Å². The molecule has 0 spiro atoms. The number of unbranched alkanes of at least 4 members (excludes halogenated alkanes) is 2. The molecule has 2 heterocycles. The molecule has 1 unspecified atom stereocenters. The number of hydrogen-bond donors (Lipinski definition) is 1. The minimum absolute atomic E-state index is 0.0988. The summed E-state index contributed by atoms with van der Waals surface area (Å²) in [5.41, 5.74) is 4.23. The molecule has 2 aliphatic heterocycles. The van der Waals surface area contributed by atoms with Crippen molar-refractivity contribution in [3.05, 3.63) is 84.0 Å². The molecule has 1 N–H and O–H groups in total. The maximum atomic E-state index is 13.1. The maximum absolute atomic E-state index is 13.1. The van der Waals surface area contributed by atoms with Gasteiger partial charge in [-0.05, 0) is 76.8 Å². The standard InChI is InChI=1S/C28H40N2O3.C8H16N2.C2H6/c1-5-23(4)20-24(6-2)21-25-12-11-13-26(22-25)28(32)30-18-16-29(17-19-30)15-10-8-9-14-27(31)33-7-3;1-3-5-10-6-4-9-8(2)7-10;1-2/h5-6,11-13,20,22H,2,7-10,14-19,21H2,1,3-4H3;3,8-9H,1,4-7H2,2H3;1-2H3/b23-5-,24-20+;;. The third-order valence-electron chi connectivity index (χ3n) is 7.87. The van der Waals surface area contributed by atoms with Gasteiger partial charge in [0.05, 0.1) is 6.61 Å². The van der Waals surface area contributed by atoms with Gasteiger partial charge in [-0.1, -0.05) is 68.9 Å². The Morgan fingerprint density at radius 1 is 1.04 bits per heavy atom. The molecule has 1 amide bonds. The van der Waals surface area contributed by atoms with Gasteiger partial charge >= 0.3 is 5.97 Å². The molecule has 45 heavy (non-hydrogen) atoms. The molecule has 0 aliphatic carbocycles. The Morgan fingerprint density at radius 2 is 1.78 bits per heavy atom. The lowest BCUT2D eigenvalue weighted by molar-refractivity contribution is -0.143. The minimum Gasteiger partial charge on any atom is -0.466 e. The summed E-state index contributed by atoms with van der Waals surface area (Å²) in [5, 5.41) is 3.39. The fraction of sp³-hybridized carbons (Fsp3) is 0.579. The van der Waals surface area contributed by atoms with E-state index in [0.29, 0.717) is 19.1 Å². The molecule has 252 valence electrons. The van der Waals surface area contributed by atoms with E-state index in [0.717, 1.165) is 101 Å². The van der Waals surface area contributed by atoms with Crippen LogP contribution in [0.25, 0.3) is 0 Å². The number of rotatable bonds is 14. The fourth-order valence-corrected chi connectivity index (χ4v) is 5.34. The molecule has 2 saturated heterocycles. The van der Waals surface area contributed by atoms with Crippen LogP contribution in [-0.2, 0) is 16.0 Å². The zero-order valence-electron chi connectivity index (χ0n) is 29.3. The summed E-state index contributed by atoms with van der Waals surface area (Å²) in [6.07, 6.45) is 12.3. The van der Waals surface area contributed by atoms with Crippen LogP contribution in [0.4, 0.5) is 0 Å². The number of carbonyl (C=O) groups is 2. The van der Waals surface area contributed by atoms with Crippen LogP contribution >= 0.6 is 0 Å². The molecular formula is C38H62N4O3. The Kier molecular flexibility index (Phi) is 21.6. The van der Waals surface area contributed by atoms with E-state index in [1.165, 1.54) is 5.57 Å². The molecule has 7 nitrogen and oxygen atoms in total. The van der Waals surface area contributed by atoms with E-state index in [1.54, 1.807) is 0 Å². The molecule has 0 aromatic heterocycles. The van der Waals surface area contributed by atoms with Crippen molar-refractivity contribution in [1.82, 2.24) is 20.0 Å². The smallest absolute Gasteiger partial charge is 0.305 e. The van der Waals surface area contributed by atoms with E-state index in [9.17, 15) is 9.59 Å². The van der Waals surface area contributed by atoms with Crippen molar-refractivity contribution in [3.8, 4) is 0 Å². The first-order valence-electron chi connectivity index (χ1n) is 17.1. The molecular weight excluding hydrogens is 560 g/mol. The summed E-state index contributed by atoms with van der Waals surface area (Å²) >= 11 is 0. The summed E-state index contributed by atoms with van der Waals surface area (Å²) < 4.78 is 4.96. The molecule has 3 rings (SSSR count). The van der Waals surface area contributed by atoms with Crippen LogP contribution in [0, 0.1) is 0 Å². The van der Waals surface area contributed by atoms with Crippen LogP contribution in [0.5, 0.6) is 0 Å². The number of nitrogens with one attached hydrogen (secondary N) is 1. The van der Waals surface area contributed by atoms with Gasteiger partial charge in [0, 0.05) is 70.4 Å². The number of amides is 1. The summed E-state index contributed by atoms with van der Waals surface area (Å²) in [4.78, 5) is 31.2. The second-order valence-electron chi connectivity index (χ2n) is 11.5. The molecule has 2 fully saturated rings. The third kappa shape index (κ3) is 16.8. The van der Waals surface area contributed by atoms with Gasteiger partial charge in [0.25, 0.3) is 5.91 Å². The zero-order chi connectivity index (χ0) is 33.5. The van der Waals surface area contributed by atoms with E-state index in [4.69, 9.17) is 4.74 Å². The van der Waals surface area contributed by atoms with Gasteiger partial charge in [-0.2, -0.15) is 0 Å². The van der Waals surface area contributed by atoms with Gasteiger partial charge in [0.2, 0.25) is 0 Å². The lowest BCUT2D eigenvalue weighted by Crippen LogP contribution is -2.49. The molecule has 0 saturated carbocycles. The van der Waals surface area contributed by atoms with Crippen LogP contribution in [-0.4, -0.2) is 98.1 Å². The van der Waals surface area contributed by atoms with Crippen molar-refractivity contribution in [3.63, 3.8) is 0 Å². The average Bonchev–Trinajstić information content (AvgIpc) is 3.06.